The number of rotatable bonds is 3. The number of nitrogens with one attached hydrogen (secondary N) is 1. The van der Waals surface area contributed by atoms with E-state index >= 15 is 0 Å². The lowest BCUT2D eigenvalue weighted by Gasteiger charge is -2.26. The summed E-state index contributed by atoms with van der Waals surface area (Å²) >= 11 is 0. The van der Waals surface area contributed by atoms with E-state index in [2.05, 4.69) is 5.32 Å². The molecule has 2 amide bonds. The van der Waals surface area contributed by atoms with Crippen molar-refractivity contribution in [3.8, 4) is 0 Å². The SMILES string of the molecule is NC1C=CC(C(=O)N2CCCC2C(=O)NC2CC2)C1. The number of carbonyl (C=O) groups excluding carboxylic acids is 2. The van der Waals surface area contributed by atoms with Crippen LogP contribution in [0.4, 0.5) is 0 Å². The largest absolute Gasteiger partial charge is 0.352 e. The van der Waals surface area contributed by atoms with Gasteiger partial charge >= 0.3 is 0 Å². The molecule has 3 N–H and O–H groups in total. The fourth-order valence-corrected chi connectivity index (χ4v) is 2.95. The van der Waals surface area contributed by atoms with Gasteiger partial charge in [-0.2, -0.15) is 0 Å². The smallest absolute Gasteiger partial charge is 0.243 e. The number of nitrogens with zero attached hydrogens (tertiary/aromatic N) is 1. The molecule has 19 heavy (non-hydrogen) atoms. The normalized spacial score (nSPS) is 33.7. The van der Waals surface area contributed by atoms with E-state index in [0.29, 0.717) is 19.0 Å². The van der Waals surface area contributed by atoms with Gasteiger partial charge in [0.2, 0.25) is 11.8 Å². The van der Waals surface area contributed by atoms with E-state index < -0.39 is 0 Å². The molecule has 1 saturated carbocycles. The molecular formula is C14H21N3O2. The van der Waals surface area contributed by atoms with Crippen LogP contribution in [0.25, 0.3) is 0 Å². The van der Waals surface area contributed by atoms with Gasteiger partial charge in [0.15, 0.2) is 0 Å². The van der Waals surface area contributed by atoms with E-state index in [4.69, 9.17) is 5.73 Å². The van der Waals surface area contributed by atoms with Crippen LogP contribution in [0.3, 0.4) is 0 Å². The van der Waals surface area contributed by atoms with E-state index in [1.54, 1.807) is 4.90 Å². The number of hydrogen-bond donors (Lipinski definition) is 2. The van der Waals surface area contributed by atoms with Crippen LogP contribution in [0, 0.1) is 5.92 Å². The Hall–Kier alpha value is -1.36. The lowest BCUT2D eigenvalue weighted by Crippen LogP contribution is -2.48. The average Bonchev–Trinajstić information content (AvgIpc) is 2.92. The van der Waals surface area contributed by atoms with Crippen LogP contribution in [0.15, 0.2) is 12.2 Å². The molecule has 3 rings (SSSR count). The van der Waals surface area contributed by atoms with Gasteiger partial charge < -0.3 is 16.0 Å². The van der Waals surface area contributed by atoms with E-state index in [-0.39, 0.29) is 29.8 Å². The predicted octanol–water partition coefficient (Wildman–Crippen LogP) is 0.159. The predicted molar refractivity (Wildman–Crippen MR) is 71.1 cm³/mol. The molecule has 5 nitrogen and oxygen atoms in total. The standard InChI is InChI=1S/C14H21N3O2/c15-10-4-3-9(8-10)14(19)17-7-1-2-12(17)13(18)16-11-5-6-11/h3-4,9-12H,1-2,5-8,15H2,(H,16,18). The zero-order valence-corrected chi connectivity index (χ0v) is 11.0. The Kier molecular flexibility index (Phi) is 3.31. The number of nitrogens with two attached hydrogens (primary N) is 1. The molecule has 1 heterocycles. The molecule has 0 radical (unpaired) electrons. The van der Waals surface area contributed by atoms with Crippen LogP contribution in [0.5, 0.6) is 0 Å². The Bertz CT molecular complexity index is 417. The topological polar surface area (TPSA) is 75.4 Å². The second-order valence-corrected chi connectivity index (χ2v) is 5.86. The first-order valence-electron chi connectivity index (χ1n) is 7.20. The highest BCUT2D eigenvalue weighted by atomic mass is 16.2. The van der Waals surface area contributed by atoms with Gasteiger partial charge in [-0.05, 0) is 32.1 Å². The fraction of sp³-hybridized carbons (Fsp3) is 0.714. The van der Waals surface area contributed by atoms with Gasteiger partial charge in [0.05, 0.1) is 5.92 Å². The number of amides is 2. The van der Waals surface area contributed by atoms with Crippen molar-refractivity contribution in [1.29, 1.82) is 0 Å². The minimum Gasteiger partial charge on any atom is -0.352 e. The Balaban J connectivity index is 1.63. The van der Waals surface area contributed by atoms with Gasteiger partial charge in [0.25, 0.3) is 0 Å². The first-order chi connectivity index (χ1) is 9.15. The molecule has 1 aliphatic heterocycles. The first kappa shape index (κ1) is 12.7. The van der Waals surface area contributed by atoms with Crippen LogP contribution < -0.4 is 11.1 Å². The molecule has 3 atom stereocenters. The van der Waals surface area contributed by atoms with Crippen molar-refractivity contribution < 1.29 is 9.59 Å². The molecule has 3 aliphatic rings. The molecule has 3 unspecified atom stereocenters. The second kappa shape index (κ2) is 4.96. The van der Waals surface area contributed by atoms with Gasteiger partial charge in [-0.3, -0.25) is 9.59 Å². The molecule has 0 aromatic carbocycles. The fourth-order valence-electron chi connectivity index (χ4n) is 2.95. The van der Waals surface area contributed by atoms with Gasteiger partial charge in [0, 0.05) is 18.6 Å². The Morgan fingerprint density at radius 3 is 2.63 bits per heavy atom. The van der Waals surface area contributed by atoms with Gasteiger partial charge in [-0.25, -0.2) is 0 Å². The molecular weight excluding hydrogens is 242 g/mol. The molecule has 1 saturated heterocycles. The number of likely N-dealkylation sites (tertiary alicyclic amines) is 1. The average molecular weight is 263 g/mol. The highest BCUT2D eigenvalue weighted by Crippen LogP contribution is 2.26. The summed E-state index contributed by atoms with van der Waals surface area (Å²) in [4.78, 5) is 26.3. The highest BCUT2D eigenvalue weighted by molar-refractivity contribution is 5.90. The highest BCUT2D eigenvalue weighted by Gasteiger charge is 2.39. The number of carbonyl (C=O) groups is 2. The summed E-state index contributed by atoms with van der Waals surface area (Å²) < 4.78 is 0. The van der Waals surface area contributed by atoms with Crippen molar-refractivity contribution in [3.63, 3.8) is 0 Å². The molecule has 5 heteroatoms. The lowest BCUT2D eigenvalue weighted by molar-refractivity contribution is -0.140. The maximum atomic E-state index is 12.4. The molecule has 0 aromatic heterocycles. The molecule has 0 spiro atoms. The quantitative estimate of drug-likeness (QED) is 0.712. The van der Waals surface area contributed by atoms with Crippen LogP contribution in [0.1, 0.15) is 32.1 Å². The zero-order chi connectivity index (χ0) is 13.4. The van der Waals surface area contributed by atoms with E-state index in [0.717, 1.165) is 25.7 Å². The third-order valence-corrected chi connectivity index (χ3v) is 4.20. The minimum atomic E-state index is -0.265. The van der Waals surface area contributed by atoms with Gasteiger partial charge in [0.1, 0.15) is 6.04 Å². The van der Waals surface area contributed by atoms with Crippen molar-refractivity contribution >= 4 is 11.8 Å². The van der Waals surface area contributed by atoms with Crippen LogP contribution in [-0.2, 0) is 9.59 Å². The monoisotopic (exact) mass is 263 g/mol. The van der Waals surface area contributed by atoms with Crippen molar-refractivity contribution in [2.75, 3.05) is 6.54 Å². The minimum absolute atomic E-state index is 0.0182. The first-order valence-corrected chi connectivity index (χ1v) is 7.20. The summed E-state index contributed by atoms with van der Waals surface area (Å²) in [7, 11) is 0. The summed E-state index contributed by atoms with van der Waals surface area (Å²) in [5.74, 6) is -0.0402. The van der Waals surface area contributed by atoms with Gasteiger partial charge in [-0.1, -0.05) is 12.2 Å². The van der Waals surface area contributed by atoms with Crippen molar-refractivity contribution in [3.05, 3.63) is 12.2 Å². The summed E-state index contributed by atoms with van der Waals surface area (Å²) in [6.07, 6.45) is 8.30. The maximum Gasteiger partial charge on any atom is 0.243 e. The Labute approximate surface area is 113 Å². The van der Waals surface area contributed by atoms with Gasteiger partial charge in [-0.15, -0.1) is 0 Å². The van der Waals surface area contributed by atoms with E-state index in [1.165, 1.54) is 0 Å². The lowest BCUT2D eigenvalue weighted by atomic mass is 10.1. The maximum absolute atomic E-state index is 12.4. The van der Waals surface area contributed by atoms with Crippen LogP contribution in [0.2, 0.25) is 0 Å². The second-order valence-electron chi connectivity index (χ2n) is 5.86. The molecule has 104 valence electrons. The summed E-state index contributed by atoms with van der Waals surface area (Å²) in [6.45, 7) is 0.696. The summed E-state index contributed by atoms with van der Waals surface area (Å²) in [5.41, 5.74) is 5.79. The third-order valence-electron chi connectivity index (χ3n) is 4.20. The summed E-state index contributed by atoms with van der Waals surface area (Å²) in [5, 5.41) is 3.00. The third kappa shape index (κ3) is 2.66. The molecule has 2 fully saturated rings. The molecule has 2 aliphatic carbocycles. The van der Waals surface area contributed by atoms with Crippen LogP contribution in [-0.4, -0.2) is 41.4 Å². The van der Waals surface area contributed by atoms with E-state index in [1.807, 2.05) is 12.2 Å². The van der Waals surface area contributed by atoms with Crippen molar-refractivity contribution in [2.24, 2.45) is 11.7 Å². The number of hydrogen-bond acceptors (Lipinski definition) is 3. The molecule has 0 aromatic rings. The van der Waals surface area contributed by atoms with E-state index in [9.17, 15) is 9.59 Å². The Morgan fingerprint density at radius 1 is 1.21 bits per heavy atom. The van der Waals surface area contributed by atoms with Crippen LogP contribution >= 0.6 is 0 Å². The Morgan fingerprint density at radius 2 is 2.00 bits per heavy atom. The zero-order valence-electron chi connectivity index (χ0n) is 11.0. The molecule has 0 bridgehead atoms. The summed E-state index contributed by atoms with van der Waals surface area (Å²) in [6, 6.07) is 0.0680. The van der Waals surface area contributed by atoms with Crippen molar-refractivity contribution in [2.45, 2.75) is 50.2 Å². The van der Waals surface area contributed by atoms with Crippen molar-refractivity contribution in [1.82, 2.24) is 10.2 Å².